The fraction of sp³-hybridized carbons (Fsp3) is 0.500. The van der Waals surface area contributed by atoms with Crippen LogP contribution in [0, 0.1) is 0 Å². The summed E-state index contributed by atoms with van der Waals surface area (Å²) < 4.78 is 5.21. The second-order valence-electron chi connectivity index (χ2n) is 5.46. The van der Waals surface area contributed by atoms with Crippen molar-refractivity contribution >= 4 is 11.8 Å². The Hall–Kier alpha value is -1.92. The zero-order valence-electron chi connectivity index (χ0n) is 12.8. The molecule has 1 heterocycles. The number of nitrogens with zero attached hydrogens (tertiary/aromatic N) is 1. The number of morpholine rings is 1. The van der Waals surface area contributed by atoms with E-state index in [0.29, 0.717) is 32.7 Å². The molecule has 0 spiro atoms. The Morgan fingerprint density at radius 1 is 1.27 bits per heavy atom. The minimum absolute atomic E-state index is 0.0939. The molecule has 22 heavy (non-hydrogen) atoms. The molecule has 1 aliphatic heterocycles. The first-order valence-corrected chi connectivity index (χ1v) is 7.54. The third-order valence-electron chi connectivity index (χ3n) is 3.69. The van der Waals surface area contributed by atoms with Crippen LogP contribution in [0.3, 0.4) is 0 Å². The highest BCUT2D eigenvalue weighted by molar-refractivity contribution is 5.89. The van der Waals surface area contributed by atoms with E-state index in [1.54, 1.807) is 11.8 Å². The number of amides is 2. The smallest absolute Gasteiger partial charge is 0.245 e. The van der Waals surface area contributed by atoms with Gasteiger partial charge >= 0.3 is 0 Å². The van der Waals surface area contributed by atoms with Crippen molar-refractivity contribution in [3.8, 4) is 0 Å². The lowest BCUT2D eigenvalue weighted by Crippen LogP contribution is -2.53. The molecule has 2 amide bonds. The average molecular weight is 305 g/mol. The summed E-state index contributed by atoms with van der Waals surface area (Å²) in [5.41, 5.74) is 6.92. The summed E-state index contributed by atoms with van der Waals surface area (Å²) in [6.45, 7) is 3.90. The van der Waals surface area contributed by atoms with E-state index in [2.05, 4.69) is 5.32 Å². The Morgan fingerprint density at radius 2 is 1.91 bits per heavy atom. The molecule has 3 N–H and O–H groups in total. The van der Waals surface area contributed by atoms with Gasteiger partial charge in [0.1, 0.15) is 6.04 Å². The Labute approximate surface area is 130 Å². The van der Waals surface area contributed by atoms with E-state index >= 15 is 0 Å². The molecule has 1 aliphatic rings. The second-order valence-corrected chi connectivity index (χ2v) is 5.46. The molecule has 0 saturated carbocycles. The highest BCUT2D eigenvalue weighted by Gasteiger charge is 2.25. The van der Waals surface area contributed by atoms with Gasteiger partial charge in [0.2, 0.25) is 11.8 Å². The monoisotopic (exact) mass is 305 g/mol. The minimum Gasteiger partial charge on any atom is -0.378 e. The number of benzene rings is 1. The van der Waals surface area contributed by atoms with Gasteiger partial charge in [-0.05, 0) is 18.9 Å². The van der Waals surface area contributed by atoms with E-state index in [1.807, 2.05) is 30.3 Å². The Bertz CT molecular complexity index is 501. The third kappa shape index (κ3) is 4.54. The number of hydrogen-bond acceptors (Lipinski definition) is 4. The SMILES string of the molecule is CC(NC(=O)[C@@H](N)Cc1ccccc1)C(=O)N1CCOCC1. The van der Waals surface area contributed by atoms with Crippen LogP contribution in [-0.4, -0.2) is 55.1 Å². The highest BCUT2D eigenvalue weighted by Crippen LogP contribution is 2.04. The summed E-state index contributed by atoms with van der Waals surface area (Å²) >= 11 is 0. The number of carbonyl (C=O) groups excluding carboxylic acids is 2. The number of carbonyl (C=O) groups is 2. The van der Waals surface area contributed by atoms with Gasteiger partial charge < -0.3 is 20.7 Å². The fourth-order valence-electron chi connectivity index (χ4n) is 2.40. The van der Waals surface area contributed by atoms with Crippen LogP contribution in [0.5, 0.6) is 0 Å². The van der Waals surface area contributed by atoms with Gasteiger partial charge in [-0.25, -0.2) is 0 Å². The van der Waals surface area contributed by atoms with Gasteiger partial charge in [-0.3, -0.25) is 9.59 Å². The molecule has 6 nitrogen and oxygen atoms in total. The summed E-state index contributed by atoms with van der Waals surface area (Å²) in [5.74, 6) is -0.401. The Balaban J connectivity index is 1.83. The average Bonchev–Trinajstić information content (AvgIpc) is 2.55. The van der Waals surface area contributed by atoms with Crippen molar-refractivity contribution in [2.45, 2.75) is 25.4 Å². The number of nitrogens with two attached hydrogens (primary N) is 1. The zero-order chi connectivity index (χ0) is 15.9. The van der Waals surface area contributed by atoms with Gasteiger partial charge in [0.05, 0.1) is 19.3 Å². The van der Waals surface area contributed by atoms with Gasteiger partial charge in [0.15, 0.2) is 0 Å². The minimum atomic E-state index is -0.665. The van der Waals surface area contributed by atoms with E-state index < -0.39 is 12.1 Å². The molecule has 1 aromatic carbocycles. The molecule has 0 radical (unpaired) electrons. The summed E-state index contributed by atoms with van der Waals surface area (Å²) in [6.07, 6.45) is 0.450. The molecule has 0 bridgehead atoms. The van der Waals surface area contributed by atoms with E-state index in [4.69, 9.17) is 10.5 Å². The van der Waals surface area contributed by atoms with Crippen molar-refractivity contribution in [1.82, 2.24) is 10.2 Å². The lowest BCUT2D eigenvalue weighted by Gasteiger charge is -2.29. The van der Waals surface area contributed by atoms with Crippen molar-refractivity contribution in [3.05, 3.63) is 35.9 Å². The molecular formula is C16H23N3O3. The van der Waals surface area contributed by atoms with Crippen LogP contribution in [-0.2, 0) is 20.7 Å². The zero-order valence-corrected chi connectivity index (χ0v) is 12.8. The first-order valence-electron chi connectivity index (χ1n) is 7.54. The Morgan fingerprint density at radius 3 is 2.55 bits per heavy atom. The van der Waals surface area contributed by atoms with Crippen molar-refractivity contribution in [2.75, 3.05) is 26.3 Å². The number of rotatable bonds is 5. The van der Waals surface area contributed by atoms with Crippen LogP contribution in [0.1, 0.15) is 12.5 Å². The van der Waals surface area contributed by atoms with E-state index in [0.717, 1.165) is 5.56 Å². The second kappa shape index (κ2) is 7.91. The molecular weight excluding hydrogens is 282 g/mol. The van der Waals surface area contributed by atoms with Crippen molar-refractivity contribution < 1.29 is 14.3 Å². The molecule has 2 rings (SSSR count). The molecule has 1 saturated heterocycles. The van der Waals surface area contributed by atoms with Crippen LogP contribution in [0.25, 0.3) is 0 Å². The van der Waals surface area contributed by atoms with Crippen molar-refractivity contribution in [3.63, 3.8) is 0 Å². The molecule has 1 aromatic rings. The van der Waals surface area contributed by atoms with E-state index in [9.17, 15) is 9.59 Å². The fourth-order valence-corrected chi connectivity index (χ4v) is 2.40. The van der Waals surface area contributed by atoms with Gasteiger partial charge in [-0.1, -0.05) is 30.3 Å². The number of nitrogens with one attached hydrogen (secondary N) is 1. The lowest BCUT2D eigenvalue weighted by molar-refractivity contribution is -0.139. The number of hydrogen-bond donors (Lipinski definition) is 2. The number of ether oxygens (including phenoxy) is 1. The van der Waals surface area contributed by atoms with Crippen LogP contribution >= 0.6 is 0 Å². The lowest BCUT2D eigenvalue weighted by atomic mass is 10.1. The molecule has 0 aromatic heterocycles. The van der Waals surface area contributed by atoms with Crippen LogP contribution in [0.4, 0.5) is 0 Å². The molecule has 1 unspecified atom stereocenters. The normalized spacial score (nSPS) is 17.6. The Kier molecular flexibility index (Phi) is 5.91. The molecule has 2 atom stereocenters. The molecule has 6 heteroatoms. The van der Waals surface area contributed by atoms with Gasteiger partial charge in [0.25, 0.3) is 0 Å². The predicted molar refractivity (Wildman–Crippen MR) is 83.1 cm³/mol. The maximum atomic E-state index is 12.2. The summed E-state index contributed by atoms with van der Waals surface area (Å²) in [5, 5.41) is 2.70. The van der Waals surface area contributed by atoms with Gasteiger partial charge in [0, 0.05) is 13.1 Å². The van der Waals surface area contributed by atoms with Gasteiger partial charge in [-0.2, -0.15) is 0 Å². The maximum Gasteiger partial charge on any atom is 0.245 e. The van der Waals surface area contributed by atoms with Crippen molar-refractivity contribution in [2.24, 2.45) is 5.73 Å². The predicted octanol–water partition coefficient (Wildman–Crippen LogP) is -0.0801. The van der Waals surface area contributed by atoms with Crippen molar-refractivity contribution in [1.29, 1.82) is 0 Å². The highest BCUT2D eigenvalue weighted by atomic mass is 16.5. The largest absolute Gasteiger partial charge is 0.378 e. The summed E-state index contributed by atoms with van der Waals surface area (Å²) in [4.78, 5) is 26.0. The maximum absolute atomic E-state index is 12.2. The van der Waals surface area contributed by atoms with Gasteiger partial charge in [-0.15, -0.1) is 0 Å². The topological polar surface area (TPSA) is 84.7 Å². The van der Waals surface area contributed by atoms with Crippen LogP contribution < -0.4 is 11.1 Å². The first-order chi connectivity index (χ1) is 10.6. The summed E-state index contributed by atoms with van der Waals surface area (Å²) in [6, 6.07) is 8.34. The standard InChI is InChI=1S/C16H23N3O3/c1-12(16(21)19-7-9-22-10-8-19)18-15(20)14(17)11-13-5-3-2-4-6-13/h2-6,12,14H,7-11,17H2,1H3,(H,18,20)/t12?,14-/m0/s1. The molecule has 120 valence electrons. The third-order valence-corrected chi connectivity index (χ3v) is 3.69. The molecule has 1 fully saturated rings. The van der Waals surface area contributed by atoms with Crippen LogP contribution in [0.2, 0.25) is 0 Å². The quantitative estimate of drug-likeness (QED) is 0.797. The van der Waals surface area contributed by atoms with E-state index in [1.165, 1.54) is 0 Å². The summed E-state index contributed by atoms with van der Waals surface area (Å²) in [7, 11) is 0. The van der Waals surface area contributed by atoms with E-state index in [-0.39, 0.29) is 11.8 Å². The van der Waals surface area contributed by atoms with Crippen LogP contribution in [0.15, 0.2) is 30.3 Å². The molecule has 0 aliphatic carbocycles. The first kappa shape index (κ1) is 16.5.